The molecule has 0 bridgehead atoms. The van der Waals surface area contributed by atoms with Crippen LogP contribution < -0.4 is 11.1 Å². The number of aryl methyl sites for hydroxylation is 2. The lowest BCUT2D eigenvalue weighted by Gasteiger charge is -2.12. The van der Waals surface area contributed by atoms with E-state index in [1.165, 1.54) is 30.4 Å². The van der Waals surface area contributed by atoms with E-state index in [0.717, 1.165) is 22.3 Å². The van der Waals surface area contributed by atoms with Crippen molar-refractivity contribution in [2.45, 2.75) is 19.3 Å². The topological polar surface area (TPSA) is 50.9 Å². The summed E-state index contributed by atoms with van der Waals surface area (Å²) in [6.45, 7) is 0. The predicted molar refractivity (Wildman–Crippen MR) is 87.9 cm³/mol. The molecule has 4 rings (SSSR count). The van der Waals surface area contributed by atoms with Crippen LogP contribution in [0.25, 0.3) is 10.9 Å². The van der Waals surface area contributed by atoms with Crippen molar-refractivity contribution in [3.63, 3.8) is 0 Å². The van der Waals surface area contributed by atoms with Crippen molar-refractivity contribution in [2.75, 3.05) is 11.1 Å². The molecule has 2 aromatic carbocycles. The van der Waals surface area contributed by atoms with Crippen LogP contribution >= 0.6 is 0 Å². The summed E-state index contributed by atoms with van der Waals surface area (Å²) < 4.78 is 0. The van der Waals surface area contributed by atoms with E-state index in [0.29, 0.717) is 5.69 Å². The highest BCUT2D eigenvalue weighted by molar-refractivity contribution is 5.99. The summed E-state index contributed by atoms with van der Waals surface area (Å²) in [6.07, 6.45) is 5.45. The zero-order valence-electron chi connectivity index (χ0n) is 11.8. The van der Waals surface area contributed by atoms with Gasteiger partial charge >= 0.3 is 0 Å². The summed E-state index contributed by atoms with van der Waals surface area (Å²) in [6, 6.07) is 14.6. The minimum Gasteiger partial charge on any atom is -0.397 e. The van der Waals surface area contributed by atoms with Gasteiger partial charge in [0, 0.05) is 23.0 Å². The normalized spacial score (nSPS) is 13.3. The summed E-state index contributed by atoms with van der Waals surface area (Å²) >= 11 is 0. The lowest BCUT2D eigenvalue weighted by atomic mass is 10.1. The Morgan fingerprint density at radius 1 is 1.00 bits per heavy atom. The van der Waals surface area contributed by atoms with Crippen LogP contribution in [0.1, 0.15) is 17.5 Å². The van der Waals surface area contributed by atoms with Crippen molar-refractivity contribution in [3.8, 4) is 0 Å². The Morgan fingerprint density at radius 3 is 2.86 bits per heavy atom. The van der Waals surface area contributed by atoms with Gasteiger partial charge in [0.2, 0.25) is 0 Å². The summed E-state index contributed by atoms with van der Waals surface area (Å²) in [4.78, 5) is 4.38. The molecule has 104 valence electrons. The first-order valence-electron chi connectivity index (χ1n) is 7.33. The first kappa shape index (κ1) is 12.2. The van der Waals surface area contributed by atoms with E-state index in [1.54, 1.807) is 6.20 Å². The average molecular weight is 275 g/mol. The third-order valence-corrected chi connectivity index (χ3v) is 4.18. The van der Waals surface area contributed by atoms with E-state index in [1.807, 2.05) is 24.3 Å². The van der Waals surface area contributed by atoms with E-state index < -0.39 is 0 Å². The standard InChI is InChI=1S/C18H17N3/c19-16-8-9-17(15-5-2-10-20-18(15)16)21-14-7-6-12-3-1-4-13(12)11-14/h2,5-11,21H,1,3-4,19H2. The lowest BCUT2D eigenvalue weighted by molar-refractivity contribution is 0.912. The molecule has 3 heteroatoms. The Kier molecular flexibility index (Phi) is 2.78. The molecule has 0 fully saturated rings. The van der Waals surface area contributed by atoms with E-state index in [9.17, 15) is 0 Å². The summed E-state index contributed by atoms with van der Waals surface area (Å²) in [5.41, 5.74) is 12.7. The quantitative estimate of drug-likeness (QED) is 0.694. The van der Waals surface area contributed by atoms with Crippen LogP contribution in [0.5, 0.6) is 0 Å². The minimum absolute atomic E-state index is 0.713. The van der Waals surface area contributed by atoms with Gasteiger partial charge in [-0.15, -0.1) is 0 Å². The Labute approximate surface area is 123 Å². The summed E-state index contributed by atoms with van der Waals surface area (Å²) in [7, 11) is 0. The molecule has 3 nitrogen and oxygen atoms in total. The van der Waals surface area contributed by atoms with Gasteiger partial charge in [-0.05, 0) is 66.8 Å². The lowest BCUT2D eigenvalue weighted by Crippen LogP contribution is -1.96. The molecule has 0 saturated heterocycles. The highest BCUT2D eigenvalue weighted by Crippen LogP contribution is 2.31. The van der Waals surface area contributed by atoms with Crippen molar-refractivity contribution >= 4 is 28.0 Å². The van der Waals surface area contributed by atoms with Gasteiger partial charge in [0.15, 0.2) is 0 Å². The second-order valence-corrected chi connectivity index (χ2v) is 5.56. The van der Waals surface area contributed by atoms with Crippen molar-refractivity contribution in [1.29, 1.82) is 0 Å². The Hall–Kier alpha value is -2.55. The number of hydrogen-bond acceptors (Lipinski definition) is 3. The van der Waals surface area contributed by atoms with Gasteiger partial charge in [0.25, 0.3) is 0 Å². The molecule has 1 aliphatic rings. The molecule has 1 aromatic heterocycles. The minimum atomic E-state index is 0.713. The summed E-state index contributed by atoms with van der Waals surface area (Å²) in [5.74, 6) is 0. The first-order valence-corrected chi connectivity index (χ1v) is 7.33. The molecule has 0 spiro atoms. The van der Waals surface area contributed by atoms with Crippen molar-refractivity contribution in [2.24, 2.45) is 0 Å². The number of nitrogens with zero attached hydrogens (tertiary/aromatic N) is 1. The average Bonchev–Trinajstić information content (AvgIpc) is 2.98. The maximum absolute atomic E-state index is 6.00. The maximum atomic E-state index is 6.00. The number of nitrogen functional groups attached to an aromatic ring is 1. The fourth-order valence-corrected chi connectivity index (χ4v) is 3.11. The predicted octanol–water partition coefficient (Wildman–Crippen LogP) is 4.05. The van der Waals surface area contributed by atoms with E-state index in [4.69, 9.17) is 5.73 Å². The van der Waals surface area contributed by atoms with Gasteiger partial charge in [0.1, 0.15) is 0 Å². The zero-order chi connectivity index (χ0) is 14.2. The molecule has 0 aliphatic heterocycles. The van der Waals surface area contributed by atoms with E-state index in [2.05, 4.69) is 28.5 Å². The monoisotopic (exact) mass is 275 g/mol. The van der Waals surface area contributed by atoms with E-state index >= 15 is 0 Å². The number of rotatable bonds is 2. The number of aromatic nitrogens is 1. The number of pyridine rings is 1. The largest absolute Gasteiger partial charge is 0.397 e. The summed E-state index contributed by atoms with van der Waals surface area (Å²) in [5, 5.41) is 4.56. The molecule has 3 N–H and O–H groups in total. The number of benzene rings is 2. The fourth-order valence-electron chi connectivity index (χ4n) is 3.11. The van der Waals surface area contributed by atoms with Crippen LogP contribution in [-0.2, 0) is 12.8 Å². The van der Waals surface area contributed by atoms with Crippen molar-refractivity contribution < 1.29 is 0 Å². The number of hydrogen-bond donors (Lipinski definition) is 2. The van der Waals surface area contributed by atoms with Crippen LogP contribution in [0.3, 0.4) is 0 Å². The van der Waals surface area contributed by atoms with Gasteiger partial charge in [-0.3, -0.25) is 4.98 Å². The second-order valence-electron chi connectivity index (χ2n) is 5.56. The van der Waals surface area contributed by atoms with Gasteiger partial charge in [-0.25, -0.2) is 0 Å². The highest BCUT2D eigenvalue weighted by Gasteiger charge is 2.11. The number of nitrogens with two attached hydrogens (primary N) is 1. The van der Waals surface area contributed by atoms with Crippen LogP contribution in [0.2, 0.25) is 0 Å². The highest BCUT2D eigenvalue weighted by atomic mass is 14.9. The fraction of sp³-hybridized carbons (Fsp3) is 0.167. The molecule has 21 heavy (non-hydrogen) atoms. The molecular weight excluding hydrogens is 258 g/mol. The van der Waals surface area contributed by atoms with Crippen LogP contribution in [-0.4, -0.2) is 4.98 Å². The Bertz CT molecular complexity index is 824. The van der Waals surface area contributed by atoms with Gasteiger partial charge in [-0.2, -0.15) is 0 Å². The molecule has 1 heterocycles. The van der Waals surface area contributed by atoms with Gasteiger partial charge in [-0.1, -0.05) is 6.07 Å². The van der Waals surface area contributed by atoms with Gasteiger partial charge < -0.3 is 11.1 Å². The maximum Gasteiger partial charge on any atom is 0.0951 e. The number of fused-ring (bicyclic) bond motifs is 2. The molecule has 0 amide bonds. The van der Waals surface area contributed by atoms with E-state index in [-0.39, 0.29) is 0 Å². The molecule has 0 atom stereocenters. The van der Waals surface area contributed by atoms with Crippen molar-refractivity contribution in [3.05, 3.63) is 59.8 Å². The third kappa shape index (κ3) is 2.11. The second kappa shape index (κ2) is 4.77. The first-order chi connectivity index (χ1) is 10.3. The Balaban J connectivity index is 1.76. The number of anilines is 3. The smallest absolute Gasteiger partial charge is 0.0951 e. The van der Waals surface area contributed by atoms with Crippen molar-refractivity contribution in [1.82, 2.24) is 4.98 Å². The Morgan fingerprint density at radius 2 is 1.90 bits per heavy atom. The zero-order valence-corrected chi connectivity index (χ0v) is 11.8. The van der Waals surface area contributed by atoms with Crippen LogP contribution in [0, 0.1) is 0 Å². The molecule has 0 saturated carbocycles. The van der Waals surface area contributed by atoms with Gasteiger partial charge in [0.05, 0.1) is 11.2 Å². The third-order valence-electron chi connectivity index (χ3n) is 4.18. The SMILES string of the molecule is Nc1ccc(Nc2ccc3c(c2)CCC3)c2cccnc12. The van der Waals surface area contributed by atoms with Crippen LogP contribution in [0.15, 0.2) is 48.7 Å². The molecule has 0 unspecified atom stereocenters. The molecule has 0 radical (unpaired) electrons. The molecule has 3 aromatic rings. The molecular formula is C18H17N3. The van der Waals surface area contributed by atoms with Crippen LogP contribution in [0.4, 0.5) is 17.1 Å². The number of nitrogens with one attached hydrogen (secondary N) is 1. The molecule has 1 aliphatic carbocycles.